The van der Waals surface area contributed by atoms with Crippen molar-refractivity contribution in [3.63, 3.8) is 0 Å². The fourth-order valence-corrected chi connectivity index (χ4v) is 4.22. The highest BCUT2D eigenvalue weighted by atomic mass is 127. The van der Waals surface area contributed by atoms with Crippen molar-refractivity contribution in [1.29, 1.82) is 0 Å². The van der Waals surface area contributed by atoms with Gasteiger partial charge in [-0.2, -0.15) is 0 Å². The third kappa shape index (κ3) is 4.10. The van der Waals surface area contributed by atoms with Crippen LogP contribution in [0.2, 0.25) is 0 Å². The summed E-state index contributed by atoms with van der Waals surface area (Å²) in [6.07, 6.45) is 0.348. The maximum atomic E-state index is 13.3. The average molecular weight is 494 g/mol. The first kappa shape index (κ1) is 19.4. The Morgan fingerprint density at radius 2 is 1.48 bits per heavy atom. The van der Waals surface area contributed by atoms with Gasteiger partial charge in [0, 0.05) is 9.99 Å². The van der Waals surface area contributed by atoms with Crippen LogP contribution in [-0.2, 0) is 11.2 Å². The molecule has 0 saturated heterocycles. The van der Waals surface area contributed by atoms with Gasteiger partial charge in [-0.1, -0.05) is 60.7 Å². The quantitative estimate of drug-likeness (QED) is 0.319. The van der Waals surface area contributed by atoms with E-state index in [0.717, 1.165) is 30.7 Å². The molecule has 144 valence electrons. The molecule has 0 aromatic heterocycles. The molecule has 0 unspecified atom stereocenters. The number of nitrogens with one attached hydrogen (secondary N) is 1. The number of hydrogen-bond donors (Lipinski definition) is 2. The normalized spacial score (nSPS) is 12.0. The van der Waals surface area contributed by atoms with Crippen molar-refractivity contribution in [3.8, 4) is 0 Å². The molecule has 4 rings (SSSR count). The molecular formula is C24H19IN2O2. The summed E-state index contributed by atoms with van der Waals surface area (Å²) >= 11 is 2.22. The van der Waals surface area contributed by atoms with E-state index < -0.39 is 11.9 Å². The van der Waals surface area contributed by atoms with Crippen LogP contribution in [0.5, 0.6) is 0 Å². The second kappa shape index (κ2) is 8.21. The first-order valence-electron chi connectivity index (χ1n) is 9.28. The second-order valence-corrected chi connectivity index (χ2v) is 8.20. The zero-order valence-electron chi connectivity index (χ0n) is 15.6. The molecule has 29 heavy (non-hydrogen) atoms. The lowest BCUT2D eigenvalue weighted by atomic mass is 9.95. The van der Waals surface area contributed by atoms with Crippen molar-refractivity contribution in [2.24, 2.45) is 5.73 Å². The molecule has 3 N–H and O–H groups in total. The van der Waals surface area contributed by atoms with Crippen LogP contribution in [0.1, 0.15) is 15.9 Å². The van der Waals surface area contributed by atoms with Crippen molar-refractivity contribution in [2.75, 3.05) is 0 Å². The summed E-state index contributed by atoms with van der Waals surface area (Å²) < 4.78 is 1.06. The molecule has 0 fully saturated rings. The van der Waals surface area contributed by atoms with Crippen LogP contribution in [0, 0.1) is 3.57 Å². The number of benzene rings is 4. The van der Waals surface area contributed by atoms with Crippen molar-refractivity contribution in [1.82, 2.24) is 5.32 Å². The maximum absolute atomic E-state index is 13.3. The molecule has 5 heteroatoms. The molecule has 2 amide bonds. The molecule has 1 atom stereocenters. The van der Waals surface area contributed by atoms with Gasteiger partial charge in [0.1, 0.15) is 6.04 Å². The molecule has 4 nitrogen and oxygen atoms in total. The van der Waals surface area contributed by atoms with Crippen LogP contribution < -0.4 is 11.1 Å². The monoisotopic (exact) mass is 494 g/mol. The zero-order chi connectivity index (χ0) is 20.4. The van der Waals surface area contributed by atoms with Gasteiger partial charge in [-0.25, -0.2) is 0 Å². The van der Waals surface area contributed by atoms with Crippen LogP contribution in [0.25, 0.3) is 21.5 Å². The van der Waals surface area contributed by atoms with Gasteiger partial charge < -0.3 is 11.1 Å². The largest absolute Gasteiger partial charge is 0.368 e. The fraction of sp³-hybridized carbons (Fsp3) is 0.0833. The average Bonchev–Trinajstić information content (AvgIpc) is 2.71. The predicted octanol–water partition coefficient (Wildman–Crippen LogP) is 4.42. The van der Waals surface area contributed by atoms with E-state index in [-0.39, 0.29) is 5.91 Å². The van der Waals surface area contributed by atoms with Gasteiger partial charge in [-0.3, -0.25) is 9.59 Å². The Kier molecular flexibility index (Phi) is 5.49. The third-order valence-electron chi connectivity index (χ3n) is 4.98. The lowest BCUT2D eigenvalue weighted by molar-refractivity contribution is -0.119. The summed E-state index contributed by atoms with van der Waals surface area (Å²) in [6, 6.07) is 24.6. The van der Waals surface area contributed by atoms with Gasteiger partial charge in [-0.05, 0) is 67.9 Å². The highest BCUT2D eigenvalue weighted by Gasteiger charge is 2.22. The summed E-state index contributed by atoms with van der Waals surface area (Å²) in [7, 11) is 0. The Hall–Kier alpha value is -2.93. The van der Waals surface area contributed by atoms with Crippen molar-refractivity contribution in [3.05, 3.63) is 93.6 Å². The van der Waals surface area contributed by atoms with E-state index in [0.29, 0.717) is 12.0 Å². The minimum absolute atomic E-state index is 0.299. The Morgan fingerprint density at radius 1 is 0.862 bits per heavy atom. The predicted molar refractivity (Wildman–Crippen MR) is 125 cm³/mol. The van der Waals surface area contributed by atoms with E-state index in [9.17, 15) is 9.59 Å². The Morgan fingerprint density at radius 3 is 2.07 bits per heavy atom. The minimum atomic E-state index is -0.793. The smallest absolute Gasteiger partial charge is 0.253 e. The topological polar surface area (TPSA) is 72.2 Å². The fourth-order valence-electron chi connectivity index (χ4n) is 3.61. The highest BCUT2D eigenvalue weighted by Crippen LogP contribution is 2.28. The van der Waals surface area contributed by atoms with E-state index in [1.165, 1.54) is 0 Å². The van der Waals surface area contributed by atoms with Gasteiger partial charge in [0.15, 0.2) is 0 Å². The number of amides is 2. The molecule has 0 aliphatic carbocycles. The molecule has 0 aliphatic rings. The summed E-state index contributed by atoms with van der Waals surface area (Å²) in [5, 5.41) is 6.52. The van der Waals surface area contributed by atoms with Crippen molar-refractivity contribution >= 4 is 56.0 Å². The number of primary amides is 1. The second-order valence-electron chi connectivity index (χ2n) is 6.96. The number of hydrogen-bond acceptors (Lipinski definition) is 2. The van der Waals surface area contributed by atoms with Gasteiger partial charge in [0.2, 0.25) is 5.91 Å². The summed E-state index contributed by atoms with van der Waals surface area (Å²) in [5.74, 6) is -0.853. The summed E-state index contributed by atoms with van der Waals surface area (Å²) in [5.41, 5.74) is 7.13. The van der Waals surface area contributed by atoms with E-state index >= 15 is 0 Å². The molecule has 0 radical (unpaired) electrons. The molecular weight excluding hydrogens is 475 g/mol. The molecule has 0 spiro atoms. The Labute approximate surface area is 182 Å². The van der Waals surface area contributed by atoms with Gasteiger partial charge in [0.05, 0.1) is 5.56 Å². The van der Waals surface area contributed by atoms with Crippen LogP contribution in [0.3, 0.4) is 0 Å². The van der Waals surface area contributed by atoms with E-state index in [2.05, 4.69) is 34.0 Å². The molecule has 4 aromatic rings. The lowest BCUT2D eigenvalue weighted by Gasteiger charge is -2.18. The van der Waals surface area contributed by atoms with Gasteiger partial charge >= 0.3 is 0 Å². The van der Waals surface area contributed by atoms with Gasteiger partial charge in [-0.15, -0.1) is 0 Å². The first-order valence-corrected chi connectivity index (χ1v) is 10.4. The van der Waals surface area contributed by atoms with Crippen molar-refractivity contribution in [2.45, 2.75) is 12.5 Å². The van der Waals surface area contributed by atoms with Crippen LogP contribution in [0.15, 0.2) is 78.9 Å². The minimum Gasteiger partial charge on any atom is -0.368 e. The first-order chi connectivity index (χ1) is 14.0. The standard InChI is InChI=1S/C24H19IN2O2/c25-18-9-5-6-15(12-18)13-21(23(26)28)27-24(29)22-19-10-3-1-7-16(19)14-17-8-2-4-11-20(17)22/h1-12,14,21H,13H2,(H2,26,28)(H,27,29)/t21-/m1/s1. The molecule has 4 aromatic carbocycles. The molecule has 0 aliphatic heterocycles. The third-order valence-corrected chi connectivity index (χ3v) is 5.65. The summed E-state index contributed by atoms with van der Waals surface area (Å²) in [6.45, 7) is 0. The number of carbonyl (C=O) groups excluding carboxylic acids is 2. The zero-order valence-corrected chi connectivity index (χ0v) is 17.7. The number of nitrogens with two attached hydrogens (primary N) is 1. The van der Waals surface area contributed by atoms with E-state index in [4.69, 9.17) is 5.73 Å². The number of halogens is 1. The number of fused-ring (bicyclic) bond motifs is 2. The highest BCUT2D eigenvalue weighted by molar-refractivity contribution is 14.1. The van der Waals surface area contributed by atoms with Gasteiger partial charge in [0.25, 0.3) is 5.91 Å². The number of rotatable bonds is 5. The molecule has 0 bridgehead atoms. The van der Waals surface area contributed by atoms with Crippen LogP contribution >= 0.6 is 22.6 Å². The Bertz CT molecular complexity index is 1180. The van der Waals surface area contributed by atoms with E-state index in [1.54, 1.807) is 0 Å². The SMILES string of the molecule is NC(=O)[C@@H](Cc1cccc(I)c1)NC(=O)c1c2ccccc2cc2ccccc12. The van der Waals surface area contributed by atoms with Crippen LogP contribution in [-0.4, -0.2) is 17.9 Å². The van der Waals surface area contributed by atoms with Crippen molar-refractivity contribution < 1.29 is 9.59 Å². The summed E-state index contributed by atoms with van der Waals surface area (Å²) in [4.78, 5) is 25.4. The Balaban J connectivity index is 1.74. The number of carbonyl (C=O) groups is 2. The van der Waals surface area contributed by atoms with E-state index in [1.807, 2.05) is 72.8 Å². The lowest BCUT2D eigenvalue weighted by Crippen LogP contribution is -2.46. The maximum Gasteiger partial charge on any atom is 0.253 e. The van der Waals surface area contributed by atoms with Crippen LogP contribution in [0.4, 0.5) is 0 Å². The molecule has 0 saturated carbocycles. The molecule has 0 heterocycles.